The van der Waals surface area contributed by atoms with Crippen molar-refractivity contribution in [3.63, 3.8) is 0 Å². The average Bonchev–Trinajstić information content (AvgIpc) is 2.79. The Balaban J connectivity index is 0.00000184. The molecule has 0 unspecified atom stereocenters. The maximum atomic E-state index is 12.5. The number of hydrogen-bond acceptors (Lipinski definition) is 4. The largest absolute Gasteiger partial charge is 0.352 e. The first-order valence-electron chi connectivity index (χ1n) is 10.5. The number of benzene rings is 1. The molecule has 0 aromatic heterocycles. The Kier molecular flexibility index (Phi) is 15.8. The van der Waals surface area contributed by atoms with Crippen LogP contribution in [0.3, 0.4) is 0 Å². The van der Waals surface area contributed by atoms with E-state index in [1.165, 1.54) is 0 Å². The fourth-order valence-electron chi connectivity index (χ4n) is 2.44. The van der Waals surface area contributed by atoms with Crippen LogP contribution in [0.1, 0.15) is 46.1 Å². The molecular formula is C24H36N4O. The van der Waals surface area contributed by atoms with Gasteiger partial charge in [-0.1, -0.05) is 57.9 Å². The third-order valence-electron chi connectivity index (χ3n) is 3.72. The summed E-state index contributed by atoms with van der Waals surface area (Å²) in [6, 6.07) is 7.47. The van der Waals surface area contributed by atoms with Crippen LogP contribution in [0.15, 0.2) is 53.1 Å². The van der Waals surface area contributed by atoms with Crippen molar-refractivity contribution in [2.24, 2.45) is 10.7 Å². The van der Waals surface area contributed by atoms with Gasteiger partial charge in [-0.05, 0) is 31.2 Å². The van der Waals surface area contributed by atoms with Gasteiger partial charge in [0, 0.05) is 31.6 Å². The minimum absolute atomic E-state index is 0.111. The second-order valence-electron chi connectivity index (χ2n) is 5.58. The number of para-hydroxylation sites is 1. The Morgan fingerprint density at radius 1 is 1.17 bits per heavy atom. The van der Waals surface area contributed by atoms with Gasteiger partial charge in [0.1, 0.15) is 0 Å². The van der Waals surface area contributed by atoms with E-state index in [-0.39, 0.29) is 5.91 Å². The van der Waals surface area contributed by atoms with Crippen molar-refractivity contribution in [2.45, 2.75) is 40.5 Å². The number of rotatable bonds is 8. The van der Waals surface area contributed by atoms with Gasteiger partial charge < -0.3 is 16.4 Å². The zero-order chi connectivity index (χ0) is 21.9. The molecule has 1 aromatic carbocycles. The van der Waals surface area contributed by atoms with E-state index in [0.29, 0.717) is 30.8 Å². The van der Waals surface area contributed by atoms with Crippen molar-refractivity contribution >= 4 is 17.3 Å². The molecule has 0 fully saturated rings. The Labute approximate surface area is 176 Å². The molecule has 0 aliphatic heterocycles. The fourth-order valence-corrected chi connectivity index (χ4v) is 2.44. The maximum Gasteiger partial charge on any atom is 0.253 e. The lowest BCUT2D eigenvalue weighted by atomic mass is 10.0. The number of nitrogens with one attached hydrogen (secondary N) is 2. The number of terminal acetylenes is 1. The molecule has 0 radical (unpaired) electrons. The highest BCUT2D eigenvalue weighted by atomic mass is 16.1. The Hall–Kier alpha value is -2.68. The standard InChI is InChI=1S/C20H24N4O.2C2H6/c1-2-16-8-3-5-10-18(16)24-19-11-6-4-9-17(19)20(25)23-14-7-13-22-15-12-21;2*1-2/h1,3-6,8-10,22H,7,11-15,21H2,(H,23,25);2*1-2H3. The SMILES string of the molecule is C#Cc1ccccc1N=C1CC=CC=C1C(=O)NCCCNCCN.CC.CC. The lowest BCUT2D eigenvalue weighted by Crippen LogP contribution is -2.32. The number of hydrogen-bond donors (Lipinski definition) is 3. The zero-order valence-electron chi connectivity index (χ0n) is 18.3. The van der Waals surface area contributed by atoms with Crippen molar-refractivity contribution in [1.29, 1.82) is 0 Å². The molecular weight excluding hydrogens is 360 g/mol. The molecule has 0 atom stereocenters. The minimum Gasteiger partial charge on any atom is -0.352 e. The highest BCUT2D eigenvalue weighted by Gasteiger charge is 2.17. The predicted octanol–water partition coefficient (Wildman–Crippen LogP) is 3.73. The van der Waals surface area contributed by atoms with Crippen LogP contribution in [0.2, 0.25) is 0 Å². The molecule has 0 saturated heterocycles. The maximum absolute atomic E-state index is 12.5. The van der Waals surface area contributed by atoms with E-state index in [0.717, 1.165) is 30.8 Å². The van der Waals surface area contributed by atoms with Crippen LogP contribution in [-0.4, -0.2) is 37.8 Å². The first-order chi connectivity index (χ1) is 14.3. The summed E-state index contributed by atoms with van der Waals surface area (Å²) in [6.45, 7) is 10.8. The van der Waals surface area contributed by atoms with E-state index in [1.54, 1.807) is 6.08 Å². The molecule has 2 rings (SSSR count). The van der Waals surface area contributed by atoms with E-state index >= 15 is 0 Å². The van der Waals surface area contributed by atoms with Gasteiger partial charge in [-0.15, -0.1) is 6.42 Å². The quantitative estimate of drug-likeness (QED) is 0.463. The number of allylic oxidation sites excluding steroid dienone is 3. The number of carbonyl (C=O) groups excluding carboxylic acids is 1. The summed E-state index contributed by atoms with van der Waals surface area (Å²) in [5.41, 5.74) is 8.16. The zero-order valence-corrected chi connectivity index (χ0v) is 18.3. The Morgan fingerprint density at radius 3 is 2.59 bits per heavy atom. The molecule has 1 aromatic rings. The summed E-state index contributed by atoms with van der Waals surface area (Å²) in [4.78, 5) is 17.1. The first-order valence-corrected chi connectivity index (χ1v) is 10.5. The van der Waals surface area contributed by atoms with E-state index in [9.17, 15) is 4.79 Å². The molecule has 1 amide bonds. The van der Waals surface area contributed by atoms with Crippen molar-refractivity contribution < 1.29 is 4.79 Å². The fraction of sp³-hybridized carbons (Fsp3) is 0.417. The summed E-state index contributed by atoms with van der Waals surface area (Å²) in [5, 5.41) is 6.14. The second kappa shape index (κ2) is 17.4. The van der Waals surface area contributed by atoms with Gasteiger partial charge in [0.15, 0.2) is 0 Å². The average molecular weight is 397 g/mol. The molecule has 5 nitrogen and oxygen atoms in total. The molecule has 29 heavy (non-hydrogen) atoms. The molecule has 0 spiro atoms. The monoisotopic (exact) mass is 396 g/mol. The third-order valence-corrected chi connectivity index (χ3v) is 3.72. The molecule has 0 saturated carbocycles. The summed E-state index contributed by atoms with van der Waals surface area (Å²) < 4.78 is 0. The second-order valence-corrected chi connectivity index (χ2v) is 5.58. The highest BCUT2D eigenvalue weighted by Crippen LogP contribution is 2.21. The lowest BCUT2D eigenvalue weighted by molar-refractivity contribution is -0.117. The van der Waals surface area contributed by atoms with Crippen molar-refractivity contribution in [1.82, 2.24) is 10.6 Å². The van der Waals surface area contributed by atoms with Gasteiger partial charge >= 0.3 is 0 Å². The smallest absolute Gasteiger partial charge is 0.253 e. The van der Waals surface area contributed by atoms with Crippen LogP contribution < -0.4 is 16.4 Å². The summed E-state index contributed by atoms with van der Waals surface area (Å²) in [5.74, 6) is 2.52. The molecule has 0 bridgehead atoms. The van der Waals surface area contributed by atoms with Gasteiger partial charge in [0.2, 0.25) is 0 Å². The topological polar surface area (TPSA) is 79.5 Å². The molecule has 0 heterocycles. The van der Waals surface area contributed by atoms with Crippen LogP contribution in [0.4, 0.5) is 5.69 Å². The highest BCUT2D eigenvalue weighted by molar-refractivity contribution is 6.23. The van der Waals surface area contributed by atoms with Gasteiger partial charge in [-0.2, -0.15) is 0 Å². The van der Waals surface area contributed by atoms with E-state index in [2.05, 4.69) is 21.5 Å². The molecule has 4 N–H and O–H groups in total. The molecule has 1 aliphatic carbocycles. The van der Waals surface area contributed by atoms with E-state index in [4.69, 9.17) is 12.2 Å². The summed E-state index contributed by atoms with van der Waals surface area (Å²) in [7, 11) is 0. The van der Waals surface area contributed by atoms with Crippen LogP contribution in [0.5, 0.6) is 0 Å². The van der Waals surface area contributed by atoms with Crippen LogP contribution in [-0.2, 0) is 4.79 Å². The van der Waals surface area contributed by atoms with Crippen molar-refractivity contribution in [2.75, 3.05) is 26.2 Å². The number of carbonyl (C=O) groups is 1. The minimum atomic E-state index is -0.111. The van der Waals surface area contributed by atoms with Gasteiger partial charge in [-0.3, -0.25) is 9.79 Å². The summed E-state index contributed by atoms with van der Waals surface area (Å²) >= 11 is 0. The number of aliphatic imine (C=N–C) groups is 1. The Morgan fingerprint density at radius 2 is 1.90 bits per heavy atom. The molecule has 1 aliphatic rings. The number of amides is 1. The van der Waals surface area contributed by atoms with Gasteiger partial charge in [0.05, 0.1) is 17.0 Å². The molecule has 5 heteroatoms. The van der Waals surface area contributed by atoms with Gasteiger partial charge in [0.25, 0.3) is 5.91 Å². The van der Waals surface area contributed by atoms with Gasteiger partial charge in [-0.25, -0.2) is 0 Å². The summed E-state index contributed by atoms with van der Waals surface area (Å²) in [6.07, 6.45) is 12.6. The van der Waals surface area contributed by atoms with Crippen molar-refractivity contribution in [3.8, 4) is 12.3 Å². The first kappa shape index (κ1) is 26.3. The van der Waals surface area contributed by atoms with E-state index in [1.807, 2.05) is 64.1 Å². The normalized spacial score (nSPS) is 13.2. The van der Waals surface area contributed by atoms with E-state index < -0.39 is 0 Å². The predicted molar refractivity (Wildman–Crippen MR) is 126 cm³/mol. The third kappa shape index (κ3) is 9.89. The van der Waals surface area contributed by atoms with Crippen LogP contribution >= 0.6 is 0 Å². The van der Waals surface area contributed by atoms with Crippen molar-refractivity contribution in [3.05, 3.63) is 53.6 Å². The Bertz CT molecular complexity index is 727. The number of nitrogens with two attached hydrogens (primary N) is 1. The van der Waals surface area contributed by atoms with Crippen LogP contribution in [0.25, 0.3) is 0 Å². The number of nitrogens with zero attached hydrogens (tertiary/aromatic N) is 1. The lowest BCUT2D eigenvalue weighted by Gasteiger charge is -2.13. The molecule has 158 valence electrons. The van der Waals surface area contributed by atoms with Crippen LogP contribution in [0, 0.1) is 12.3 Å².